The second-order valence-electron chi connectivity index (χ2n) is 6.85. The Bertz CT molecular complexity index is 739. The maximum Gasteiger partial charge on any atom is 0.264 e. The van der Waals surface area contributed by atoms with E-state index in [2.05, 4.69) is 60.3 Å². The smallest absolute Gasteiger partial charge is 0.264 e. The first-order valence-corrected chi connectivity index (χ1v) is 8.25. The summed E-state index contributed by atoms with van der Waals surface area (Å²) in [5.41, 5.74) is 0.516. The molecule has 2 atom stereocenters. The molecule has 0 amide bonds. The molecule has 1 saturated carbocycles. The number of furan rings is 1. The fourth-order valence-corrected chi connectivity index (χ4v) is 3.53. The molecule has 21 heavy (non-hydrogen) atoms. The molecule has 1 fully saturated rings. The normalized spacial score (nSPS) is 21.6. The third-order valence-electron chi connectivity index (χ3n) is 3.91. The predicted molar refractivity (Wildman–Crippen MR) is 90.5 cm³/mol. The summed E-state index contributed by atoms with van der Waals surface area (Å²) in [5, 5.41) is 0. The number of nitrogens with one attached hydrogen (secondary N) is 1. The molecule has 4 nitrogen and oxygen atoms in total. The molecular weight excluding hydrogens is 379 g/mol. The molecule has 0 radical (unpaired) electrons. The van der Waals surface area contributed by atoms with Crippen LogP contribution in [0.5, 0.6) is 0 Å². The highest BCUT2D eigenvalue weighted by atomic mass is 127. The number of nitrogens with zero attached hydrogens (tertiary/aromatic N) is 1. The molecule has 1 N–H and O–H groups in total. The quantitative estimate of drug-likeness (QED) is 0.777. The monoisotopic (exact) mass is 398 g/mol. The zero-order chi connectivity index (χ0) is 15.4. The Morgan fingerprint density at radius 2 is 2.05 bits per heavy atom. The maximum absolute atomic E-state index is 12.1. The lowest BCUT2D eigenvalue weighted by atomic mass is 9.92. The number of hydrogen-bond donors (Lipinski definition) is 1. The van der Waals surface area contributed by atoms with Gasteiger partial charge in [0.15, 0.2) is 11.6 Å². The summed E-state index contributed by atoms with van der Waals surface area (Å²) in [6, 6.07) is 3.90. The summed E-state index contributed by atoms with van der Waals surface area (Å²) in [6.45, 7) is 8.38. The highest BCUT2D eigenvalue weighted by Gasteiger charge is 2.36. The third kappa shape index (κ3) is 2.80. The van der Waals surface area contributed by atoms with Crippen LogP contribution in [-0.2, 0) is 5.41 Å². The lowest BCUT2D eigenvalue weighted by Crippen LogP contribution is -2.24. The summed E-state index contributed by atoms with van der Waals surface area (Å²) in [6.07, 6.45) is 1.18. The molecule has 0 saturated heterocycles. The van der Waals surface area contributed by atoms with Crippen molar-refractivity contribution in [3.8, 4) is 11.6 Å². The predicted octanol–water partition coefficient (Wildman–Crippen LogP) is 4.06. The second kappa shape index (κ2) is 4.97. The Balaban J connectivity index is 2.04. The van der Waals surface area contributed by atoms with Crippen molar-refractivity contribution in [1.29, 1.82) is 0 Å². The van der Waals surface area contributed by atoms with E-state index in [1.54, 1.807) is 0 Å². The molecule has 2 aromatic rings. The molecule has 1 aliphatic rings. The molecule has 1 aliphatic carbocycles. The molecule has 5 heteroatoms. The van der Waals surface area contributed by atoms with Gasteiger partial charge in [-0.25, -0.2) is 4.98 Å². The average molecular weight is 398 g/mol. The minimum absolute atomic E-state index is 0.108. The van der Waals surface area contributed by atoms with Crippen LogP contribution >= 0.6 is 22.6 Å². The van der Waals surface area contributed by atoms with E-state index >= 15 is 0 Å². The van der Waals surface area contributed by atoms with Gasteiger partial charge in [-0.1, -0.05) is 27.7 Å². The number of aromatic amines is 1. The first-order valence-electron chi connectivity index (χ1n) is 7.18. The van der Waals surface area contributed by atoms with Crippen molar-refractivity contribution in [3.63, 3.8) is 0 Å². The summed E-state index contributed by atoms with van der Waals surface area (Å²) >= 11 is 2.06. The van der Waals surface area contributed by atoms with Crippen molar-refractivity contribution >= 4 is 22.6 Å². The molecule has 0 bridgehead atoms. The Kier molecular flexibility index (Phi) is 3.50. The van der Waals surface area contributed by atoms with E-state index in [1.807, 2.05) is 12.1 Å². The van der Waals surface area contributed by atoms with Crippen molar-refractivity contribution in [2.24, 2.45) is 5.92 Å². The van der Waals surface area contributed by atoms with Gasteiger partial charge in [0.05, 0.1) is 5.69 Å². The van der Waals surface area contributed by atoms with Crippen LogP contribution in [-0.4, -0.2) is 9.97 Å². The van der Waals surface area contributed by atoms with Gasteiger partial charge in [0, 0.05) is 11.3 Å². The highest BCUT2D eigenvalue weighted by molar-refractivity contribution is 14.1. The lowest BCUT2D eigenvalue weighted by Gasteiger charge is -2.19. The SMILES string of the molecule is CC1CC1c1ccc(-c2nc(C(C)(C)C)c(I)c(=O)[nH]2)o1. The van der Waals surface area contributed by atoms with Crippen molar-refractivity contribution in [2.75, 3.05) is 0 Å². The van der Waals surface area contributed by atoms with Crippen LogP contribution in [0.25, 0.3) is 11.6 Å². The molecule has 112 valence electrons. The van der Waals surface area contributed by atoms with Crippen LogP contribution in [0, 0.1) is 9.49 Å². The fraction of sp³-hybridized carbons (Fsp3) is 0.500. The van der Waals surface area contributed by atoms with Crippen LogP contribution < -0.4 is 5.56 Å². The topological polar surface area (TPSA) is 58.9 Å². The van der Waals surface area contributed by atoms with Gasteiger partial charge in [0.25, 0.3) is 5.56 Å². The first-order chi connectivity index (χ1) is 9.77. The van der Waals surface area contributed by atoms with E-state index < -0.39 is 0 Å². The van der Waals surface area contributed by atoms with Gasteiger partial charge in [-0.2, -0.15) is 0 Å². The molecule has 0 aromatic carbocycles. The number of hydrogen-bond acceptors (Lipinski definition) is 3. The van der Waals surface area contributed by atoms with Crippen LogP contribution in [0.4, 0.5) is 0 Å². The maximum atomic E-state index is 12.1. The number of halogens is 1. The van der Waals surface area contributed by atoms with Gasteiger partial charge in [-0.15, -0.1) is 0 Å². The summed E-state index contributed by atoms with van der Waals surface area (Å²) in [7, 11) is 0. The van der Waals surface area contributed by atoms with E-state index in [1.165, 1.54) is 6.42 Å². The third-order valence-corrected chi connectivity index (χ3v) is 4.91. The van der Waals surface area contributed by atoms with Crippen molar-refractivity contribution in [2.45, 2.75) is 45.4 Å². The molecule has 2 heterocycles. The first kappa shape index (κ1) is 14.8. The van der Waals surface area contributed by atoms with Gasteiger partial charge in [0.1, 0.15) is 9.33 Å². The highest BCUT2D eigenvalue weighted by Crippen LogP contribution is 2.47. The van der Waals surface area contributed by atoms with E-state index in [0.29, 0.717) is 27.0 Å². The fourth-order valence-electron chi connectivity index (χ4n) is 2.47. The lowest BCUT2D eigenvalue weighted by molar-refractivity contribution is 0.511. The number of rotatable bonds is 2. The Morgan fingerprint density at radius 1 is 1.38 bits per heavy atom. The Morgan fingerprint density at radius 3 is 2.62 bits per heavy atom. The van der Waals surface area contributed by atoms with Crippen LogP contribution in [0.15, 0.2) is 21.3 Å². The largest absolute Gasteiger partial charge is 0.458 e. The summed E-state index contributed by atoms with van der Waals surface area (Å²) < 4.78 is 6.54. The standard InChI is InChI=1S/C16H19IN2O2/c1-8-7-9(8)10-5-6-11(21-10)14-18-13(16(2,3)4)12(17)15(20)19-14/h5-6,8-9H,7H2,1-4H3,(H,18,19,20). The zero-order valence-corrected chi connectivity index (χ0v) is 14.8. The minimum atomic E-state index is -0.181. The van der Waals surface area contributed by atoms with Gasteiger partial charge in [0.2, 0.25) is 0 Å². The molecule has 2 unspecified atom stereocenters. The van der Waals surface area contributed by atoms with E-state index in [-0.39, 0.29) is 11.0 Å². The van der Waals surface area contributed by atoms with Gasteiger partial charge >= 0.3 is 0 Å². The van der Waals surface area contributed by atoms with Gasteiger partial charge in [-0.05, 0) is 47.1 Å². The Hall–Kier alpha value is -1.11. The second-order valence-corrected chi connectivity index (χ2v) is 7.93. The van der Waals surface area contributed by atoms with Crippen LogP contribution in [0.3, 0.4) is 0 Å². The van der Waals surface area contributed by atoms with Gasteiger partial charge in [-0.3, -0.25) is 4.79 Å². The van der Waals surface area contributed by atoms with Crippen molar-refractivity contribution in [1.82, 2.24) is 9.97 Å². The zero-order valence-electron chi connectivity index (χ0n) is 12.7. The number of H-pyrrole nitrogens is 1. The molecular formula is C16H19IN2O2. The van der Waals surface area contributed by atoms with Gasteiger partial charge < -0.3 is 9.40 Å². The van der Waals surface area contributed by atoms with Crippen molar-refractivity contribution < 1.29 is 4.42 Å². The summed E-state index contributed by atoms with van der Waals surface area (Å²) in [5.74, 6) is 3.37. The molecule has 0 spiro atoms. The van der Waals surface area contributed by atoms with Crippen molar-refractivity contribution in [3.05, 3.63) is 37.5 Å². The summed E-state index contributed by atoms with van der Waals surface area (Å²) in [4.78, 5) is 19.6. The molecule has 0 aliphatic heterocycles. The van der Waals surface area contributed by atoms with E-state index in [9.17, 15) is 4.79 Å². The molecule has 3 rings (SSSR count). The van der Waals surface area contributed by atoms with Crippen LogP contribution in [0.2, 0.25) is 0 Å². The van der Waals surface area contributed by atoms with Crippen LogP contribution in [0.1, 0.15) is 51.5 Å². The van der Waals surface area contributed by atoms with E-state index in [4.69, 9.17) is 4.42 Å². The number of aromatic nitrogens is 2. The van der Waals surface area contributed by atoms with E-state index in [0.717, 1.165) is 11.5 Å². The molecule has 2 aromatic heterocycles. The Labute approximate surface area is 137 Å². The average Bonchev–Trinajstić information content (AvgIpc) is 2.92. The minimum Gasteiger partial charge on any atom is -0.458 e.